The summed E-state index contributed by atoms with van der Waals surface area (Å²) in [6.07, 6.45) is 0. The summed E-state index contributed by atoms with van der Waals surface area (Å²) in [5.74, 6) is 2.79. The van der Waals surface area contributed by atoms with Gasteiger partial charge in [-0.25, -0.2) is 0 Å². The van der Waals surface area contributed by atoms with Crippen molar-refractivity contribution in [1.29, 1.82) is 0 Å². The fraction of sp³-hybridized carbons (Fsp3) is 0.487. The fourth-order valence-electron chi connectivity index (χ4n) is 7.51. The first-order chi connectivity index (χ1) is 21.9. The van der Waals surface area contributed by atoms with Gasteiger partial charge in [-0.1, -0.05) is 134 Å². The van der Waals surface area contributed by atoms with Crippen molar-refractivity contribution in [3.8, 4) is 0 Å². The first kappa shape index (κ1) is 43.0. The maximum absolute atomic E-state index is 6.46. The number of nitrogens with zero attached hydrogens (tertiary/aromatic N) is 2. The van der Waals surface area contributed by atoms with E-state index in [0.717, 1.165) is 42.2 Å². The molecule has 1 fully saturated rings. The van der Waals surface area contributed by atoms with Crippen LogP contribution in [-0.2, 0) is 35.1 Å². The van der Waals surface area contributed by atoms with E-state index < -0.39 is 33.1 Å². The molecule has 1 saturated carbocycles. The summed E-state index contributed by atoms with van der Waals surface area (Å²) in [5, 5.41) is 0. The zero-order chi connectivity index (χ0) is 34.9. The molecule has 3 aromatic carbocycles. The van der Waals surface area contributed by atoms with E-state index in [2.05, 4.69) is 141 Å². The van der Waals surface area contributed by atoms with E-state index in [4.69, 9.17) is 18.8 Å². The SMILES string of the molecule is C[C-]1C([Si](C)(CCO[Si](C)(C)C)[N-]c2ccccc2)C(C)C(C)C1[Si](C)(CCO[Si](C)(C)C)[N-]c1ccccc1.[CH2-]c1ccccc1.[Zr+4]. The molecular formula is C39H62N2O2Si4Zr. The van der Waals surface area contributed by atoms with Gasteiger partial charge in [0, 0.05) is 13.2 Å². The molecule has 9 heteroatoms. The quantitative estimate of drug-likeness (QED) is 0.121. The van der Waals surface area contributed by atoms with E-state index in [1.54, 1.807) is 5.92 Å². The van der Waals surface area contributed by atoms with Crippen molar-refractivity contribution < 1.29 is 35.1 Å². The molecule has 260 valence electrons. The molecule has 0 N–H and O–H groups in total. The van der Waals surface area contributed by atoms with E-state index in [9.17, 15) is 0 Å². The molecule has 1 aliphatic rings. The van der Waals surface area contributed by atoms with Gasteiger partial charge in [-0.15, -0.1) is 23.5 Å². The molecule has 0 saturated heterocycles. The Kier molecular flexibility index (Phi) is 16.9. The van der Waals surface area contributed by atoms with Crippen LogP contribution in [0.25, 0.3) is 9.96 Å². The predicted octanol–water partition coefficient (Wildman–Crippen LogP) is 12.7. The average molecular weight is 795 g/mol. The molecule has 0 aromatic heterocycles. The van der Waals surface area contributed by atoms with Crippen LogP contribution in [-0.4, -0.2) is 46.3 Å². The third-order valence-electron chi connectivity index (χ3n) is 9.61. The van der Waals surface area contributed by atoms with Crippen LogP contribution in [0.3, 0.4) is 0 Å². The van der Waals surface area contributed by atoms with E-state index >= 15 is 0 Å². The first-order valence-corrected chi connectivity index (χ1v) is 29.8. The third-order valence-corrected chi connectivity index (χ3v) is 20.4. The zero-order valence-electron chi connectivity index (χ0n) is 31.7. The van der Waals surface area contributed by atoms with Gasteiger partial charge < -0.3 is 24.7 Å². The van der Waals surface area contributed by atoms with E-state index in [0.29, 0.717) is 22.9 Å². The largest absolute Gasteiger partial charge is 4.00 e. The van der Waals surface area contributed by atoms with Gasteiger partial charge in [0.05, 0.1) is 0 Å². The number of hydrogen-bond acceptors (Lipinski definition) is 2. The second-order valence-corrected chi connectivity index (χ2v) is 33.1. The van der Waals surface area contributed by atoms with Gasteiger partial charge in [-0.3, -0.25) is 0 Å². The van der Waals surface area contributed by atoms with Gasteiger partial charge in [0.1, 0.15) is 0 Å². The van der Waals surface area contributed by atoms with Crippen molar-refractivity contribution in [2.45, 2.75) is 96.3 Å². The van der Waals surface area contributed by atoms with Crippen molar-refractivity contribution in [3.05, 3.63) is 119 Å². The minimum Gasteiger partial charge on any atom is -0.688 e. The molecule has 0 amide bonds. The van der Waals surface area contributed by atoms with Gasteiger partial charge in [0.2, 0.25) is 0 Å². The second-order valence-electron chi connectivity index (χ2n) is 15.9. The Morgan fingerprint density at radius 2 is 0.896 bits per heavy atom. The molecule has 4 nitrogen and oxygen atoms in total. The summed E-state index contributed by atoms with van der Waals surface area (Å²) in [6.45, 7) is 31.6. The van der Waals surface area contributed by atoms with Crippen LogP contribution in [0.4, 0.5) is 11.4 Å². The Labute approximate surface area is 318 Å². The Balaban J connectivity index is 0.000000885. The van der Waals surface area contributed by atoms with Crippen molar-refractivity contribution in [2.24, 2.45) is 11.8 Å². The zero-order valence-corrected chi connectivity index (χ0v) is 38.2. The maximum atomic E-state index is 6.46. The van der Waals surface area contributed by atoms with E-state index in [-0.39, 0.29) is 26.2 Å². The van der Waals surface area contributed by atoms with Crippen LogP contribution < -0.4 is 0 Å². The predicted molar refractivity (Wildman–Crippen MR) is 216 cm³/mol. The summed E-state index contributed by atoms with van der Waals surface area (Å²) in [4.78, 5) is 11.3. The van der Waals surface area contributed by atoms with Gasteiger partial charge in [0.25, 0.3) is 0 Å². The van der Waals surface area contributed by atoms with Crippen LogP contribution in [0, 0.1) is 24.7 Å². The van der Waals surface area contributed by atoms with Gasteiger partial charge in [-0.2, -0.15) is 42.6 Å². The van der Waals surface area contributed by atoms with Crippen LogP contribution >= 0.6 is 0 Å². The summed E-state index contributed by atoms with van der Waals surface area (Å²) < 4.78 is 12.9. The molecule has 0 bridgehead atoms. The van der Waals surface area contributed by atoms with Crippen molar-refractivity contribution in [2.75, 3.05) is 13.2 Å². The third kappa shape index (κ3) is 13.2. The summed E-state index contributed by atoms with van der Waals surface area (Å²) in [5.41, 5.74) is 4.33. The number of benzene rings is 3. The Morgan fingerprint density at radius 3 is 1.17 bits per heavy atom. The monoisotopic (exact) mass is 792 g/mol. The molecule has 3 aromatic rings. The number of rotatable bonds is 14. The Bertz CT molecular complexity index is 1240. The summed E-state index contributed by atoms with van der Waals surface area (Å²) >= 11 is 0. The topological polar surface area (TPSA) is 46.7 Å². The molecular weight excluding hydrogens is 732 g/mol. The van der Waals surface area contributed by atoms with Gasteiger partial charge in [0.15, 0.2) is 16.6 Å². The molecule has 0 spiro atoms. The van der Waals surface area contributed by atoms with E-state index in [1.807, 2.05) is 30.3 Å². The molecule has 6 unspecified atom stereocenters. The molecule has 6 atom stereocenters. The van der Waals surface area contributed by atoms with Crippen molar-refractivity contribution >= 4 is 44.5 Å². The van der Waals surface area contributed by atoms with Crippen LogP contribution in [0.15, 0.2) is 91.0 Å². The molecule has 48 heavy (non-hydrogen) atoms. The second kappa shape index (κ2) is 18.9. The molecule has 0 radical (unpaired) electrons. The fourth-order valence-corrected chi connectivity index (χ4v) is 18.3. The average Bonchev–Trinajstić information content (AvgIpc) is 3.21. The summed E-state index contributed by atoms with van der Waals surface area (Å²) in [7, 11) is -7.51. The maximum Gasteiger partial charge on any atom is 4.00 e. The smallest absolute Gasteiger partial charge is 0.688 e. The first-order valence-electron chi connectivity index (χ1n) is 17.5. The minimum absolute atomic E-state index is 0. The number of hydrogen-bond donors (Lipinski definition) is 0. The normalized spacial score (nSPS) is 22.3. The molecule has 0 aliphatic heterocycles. The van der Waals surface area contributed by atoms with Gasteiger partial charge >= 0.3 is 26.2 Å². The molecule has 4 rings (SSSR count). The van der Waals surface area contributed by atoms with Crippen molar-refractivity contribution in [3.63, 3.8) is 0 Å². The Hall–Kier alpha value is -1.20. The standard InChI is InChI=1S/C32H55N2O2Si4.C7H7.Zr/c1-26-27(2)32(40(11,25-23-36-38(7,8)9)34-30-20-16-13-17-21-30)28(3)31(26)39(10,24-22-35-37(4,5)6)33-29-18-14-12-15-19-29;1-7-5-3-2-4-6-7;/h12-21,26-27,31-32H,22-25H2,1-11H3;2-6H,1H2;/q-3;-1;+4. The van der Waals surface area contributed by atoms with Crippen LogP contribution in [0.5, 0.6) is 0 Å². The van der Waals surface area contributed by atoms with Gasteiger partial charge in [-0.05, 0) is 39.3 Å². The van der Waals surface area contributed by atoms with Crippen LogP contribution in [0.2, 0.25) is 75.5 Å². The van der Waals surface area contributed by atoms with E-state index in [1.165, 1.54) is 0 Å². The summed E-state index contributed by atoms with van der Waals surface area (Å²) in [6, 6.07) is 33.4. The minimum atomic E-state index is -2.16. The van der Waals surface area contributed by atoms with Crippen LogP contribution in [0.1, 0.15) is 26.3 Å². The molecule has 1 aliphatic carbocycles. The van der Waals surface area contributed by atoms with Crippen molar-refractivity contribution in [1.82, 2.24) is 0 Å². The molecule has 0 heterocycles. The Morgan fingerprint density at radius 1 is 0.583 bits per heavy atom.